The zero-order valence-electron chi connectivity index (χ0n) is 7.69. The number of piperidine rings is 1. The molecule has 76 valence electrons. The van der Waals surface area contributed by atoms with E-state index in [1.165, 1.54) is 6.26 Å². The van der Waals surface area contributed by atoms with Crippen molar-refractivity contribution in [3.05, 3.63) is 23.6 Å². The van der Waals surface area contributed by atoms with Crippen LogP contribution in [-0.4, -0.2) is 18.1 Å². The first-order valence-corrected chi connectivity index (χ1v) is 4.44. The third-order valence-electron chi connectivity index (χ3n) is 2.31. The second-order valence-electron chi connectivity index (χ2n) is 3.18. The summed E-state index contributed by atoms with van der Waals surface area (Å²) in [7, 11) is 0. The van der Waals surface area contributed by atoms with E-state index < -0.39 is 0 Å². The molecule has 1 N–H and O–H groups in total. The maximum atomic E-state index is 6.76. The number of nitrogens with zero attached hydrogens (tertiary/aromatic N) is 2. The molecule has 0 unspecified atom stereocenters. The standard InChI is InChI=1S/C9H11N3O.ClH/c1-10-8-6-13-9(12-8)7-2-4-11-5-3-7;/h6-7,11H,2-5H2;1H. The van der Waals surface area contributed by atoms with Gasteiger partial charge in [0, 0.05) is 0 Å². The van der Waals surface area contributed by atoms with Gasteiger partial charge in [-0.1, -0.05) is 11.6 Å². The Bertz CT molecular complexity index is 325. The summed E-state index contributed by atoms with van der Waals surface area (Å²) in [6.45, 7) is 8.79. The second-order valence-corrected chi connectivity index (χ2v) is 3.18. The molecule has 2 heterocycles. The van der Waals surface area contributed by atoms with Gasteiger partial charge in [0.2, 0.25) is 0 Å². The predicted molar refractivity (Wildman–Crippen MR) is 54.9 cm³/mol. The first kappa shape index (κ1) is 11.0. The molecular weight excluding hydrogens is 202 g/mol. The van der Waals surface area contributed by atoms with Gasteiger partial charge in [-0.15, -0.1) is 12.4 Å². The third kappa shape index (κ3) is 2.25. The quantitative estimate of drug-likeness (QED) is 0.727. The number of nitrogens with one attached hydrogen (secondary N) is 1. The Morgan fingerprint density at radius 2 is 2.21 bits per heavy atom. The largest absolute Gasteiger partial charge is 0.442 e. The first-order chi connectivity index (χ1) is 6.40. The fourth-order valence-electron chi connectivity index (χ4n) is 1.59. The van der Waals surface area contributed by atoms with Crippen LogP contribution in [0.2, 0.25) is 0 Å². The van der Waals surface area contributed by atoms with Gasteiger partial charge in [0.25, 0.3) is 5.89 Å². The number of hydrogen-bond acceptors (Lipinski definition) is 3. The summed E-state index contributed by atoms with van der Waals surface area (Å²) >= 11 is 0. The topological polar surface area (TPSA) is 42.4 Å². The van der Waals surface area contributed by atoms with Crippen molar-refractivity contribution >= 4 is 18.2 Å². The molecule has 14 heavy (non-hydrogen) atoms. The molecule has 0 spiro atoms. The van der Waals surface area contributed by atoms with E-state index in [4.69, 9.17) is 11.0 Å². The van der Waals surface area contributed by atoms with Crippen LogP contribution < -0.4 is 5.32 Å². The summed E-state index contributed by atoms with van der Waals surface area (Å²) in [5, 5.41) is 3.28. The van der Waals surface area contributed by atoms with Crippen molar-refractivity contribution in [2.45, 2.75) is 18.8 Å². The van der Waals surface area contributed by atoms with Gasteiger partial charge < -0.3 is 14.6 Å². The molecule has 1 aliphatic rings. The number of oxazole rings is 1. The van der Waals surface area contributed by atoms with Crippen molar-refractivity contribution in [2.75, 3.05) is 13.1 Å². The molecule has 0 amide bonds. The molecule has 0 atom stereocenters. The number of hydrogen-bond donors (Lipinski definition) is 1. The molecule has 1 aromatic rings. The maximum Gasteiger partial charge on any atom is 0.308 e. The van der Waals surface area contributed by atoms with Gasteiger partial charge in [-0.3, -0.25) is 0 Å². The van der Waals surface area contributed by atoms with E-state index in [9.17, 15) is 0 Å². The summed E-state index contributed by atoms with van der Waals surface area (Å²) in [5.41, 5.74) is 0. The van der Waals surface area contributed by atoms with E-state index in [-0.39, 0.29) is 12.4 Å². The first-order valence-electron chi connectivity index (χ1n) is 4.44. The molecule has 0 aliphatic carbocycles. The average molecular weight is 214 g/mol. The lowest BCUT2D eigenvalue weighted by Crippen LogP contribution is -2.26. The van der Waals surface area contributed by atoms with Crippen molar-refractivity contribution in [1.29, 1.82) is 0 Å². The highest BCUT2D eigenvalue weighted by atomic mass is 35.5. The molecule has 1 aromatic heterocycles. The fraction of sp³-hybridized carbons (Fsp3) is 0.556. The summed E-state index contributed by atoms with van der Waals surface area (Å²) in [5.74, 6) is 1.50. The van der Waals surface area contributed by atoms with Gasteiger partial charge >= 0.3 is 5.82 Å². The zero-order chi connectivity index (χ0) is 9.10. The van der Waals surface area contributed by atoms with Gasteiger partial charge in [-0.05, 0) is 25.9 Å². The van der Waals surface area contributed by atoms with Crippen LogP contribution in [0.5, 0.6) is 0 Å². The normalized spacial score (nSPS) is 17.1. The molecule has 5 heteroatoms. The van der Waals surface area contributed by atoms with Crippen molar-refractivity contribution in [3.63, 3.8) is 0 Å². The fourth-order valence-corrected chi connectivity index (χ4v) is 1.59. The Labute approximate surface area is 88.9 Å². The van der Waals surface area contributed by atoms with E-state index in [1.54, 1.807) is 0 Å². The summed E-state index contributed by atoms with van der Waals surface area (Å²) in [6.07, 6.45) is 3.54. The molecule has 1 saturated heterocycles. The van der Waals surface area contributed by atoms with E-state index >= 15 is 0 Å². The van der Waals surface area contributed by atoms with Crippen molar-refractivity contribution < 1.29 is 4.42 Å². The van der Waals surface area contributed by atoms with Gasteiger partial charge in [0.05, 0.1) is 5.92 Å². The van der Waals surface area contributed by atoms with Crippen LogP contribution in [0.15, 0.2) is 10.7 Å². The van der Waals surface area contributed by atoms with E-state index in [0.717, 1.165) is 31.8 Å². The van der Waals surface area contributed by atoms with Crippen molar-refractivity contribution in [1.82, 2.24) is 10.3 Å². The number of rotatable bonds is 1. The average Bonchev–Trinajstić information content (AvgIpc) is 2.67. The Morgan fingerprint density at radius 1 is 1.50 bits per heavy atom. The molecule has 0 bridgehead atoms. The third-order valence-corrected chi connectivity index (χ3v) is 2.31. The highest BCUT2D eigenvalue weighted by Gasteiger charge is 2.22. The molecule has 1 fully saturated rings. The minimum atomic E-state index is 0. The van der Waals surface area contributed by atoms with Crippen molar-refractivity contribution in [2.24, 2.45) is 0 Å². The van der Waals surface area contributed by atoms with Crippen LogP contribution in [0.25, 0.3) is 4.85 Å². The zero-order valence-corrected chi connectivity index (χ0v) is 8.51. The minimum Gasteiger partial charge on any atom is -0.442 e. The molecule has 0 saturated carbocycles. The minimum absolute atomic E-state index is 0. The van der Waals surface area contributed by atoms with Gasteiger partial charge in [0.1, 0.15) is 6.26 Å². The lowest BCUT2D eigenvalue weighted by atomic mass is 9.98. The van der Waals surface area contributed by atoms with E-state index in [1.807, 2.05) is 0 Å². The molecule has 0 radical (unpaired) electrons. The molecule has 0 aromatic carbocycles. The summed E-state index contributed by atoms with van der Waals surface area (Å²) in [6, 6.07) is 0. The van der Waals surface area contributed by atoms with Crippen LogP contribution in [0, 0.1) is 6.57 Å². The monoisotopic (exact) mass is 213 g/mol. The Hall–Kier alpha value is -1.05. The predicted octanol–water partition coefficient (Wildman–Crippen LogP) is 2.11. The molecular formula is C9H12ClN3O. The molecule has 1 aliphatic heterocycles. The summed E-state index contributed by atoms with van der Waals surface area (Å²) in [4.78, 5) is 7.32. The second kappa shape index (κ2) is 4.99. The Morgan fingerprint density at radius 3 is 2.79 bits per heavy atom. The highest BCUT2D eigenvalue weighted by molar-refractivity contribution is 5.85. The van der Waals surface area contributed by atoms with Gasteiger partial charge in [-0.2, -0.15) is 0 Å². The Kier molecular flexibility index (Phi) is 3.93. The van der Waals surface area contributed by atoms with E-state index in [0.29, 0.717) is 11.7 Å². The van der Waals surface area contributed by atoms with Gasteiger partial charge in [0.15, 0.2) is 0 Å². The number of halogens is 1. The lowest BCUT2D eigenvalue weighted by molar-refractivity contribution is 0.374. The smallest absolute Gasteiger partial charge is 0.308 e. The van der Waals surface area contributed by atoms with Crippen LogP contribution >= 0.6 is 12.4 Å². The maximum absolute atomic E-state index is 6.76. The van der Waals surface area contributed by atoms with Crippen LogP contribution in [-0.2, 0) is 0 Å². The molecule has 2 rings (SSSR count). The van der Waals surface area contributed by atoms with Crippen LogP contribution in [0.4, 0.5) is 5.82 Å². The van der Waals surface area contributed by atoms with Crippen molar-refractivity contribution in [3.8, 4) is 0 Å². The highest BCUT2D eigenvalue weighted by Crippen LogP contribution is 2.26. The van der Waals surface area contributed by atoms with Crippen LogP contribution in [0.3, 0.4) is 0 Å². The molecule has 4 nitrogen and oxygen atoms in total. The van der Waals surface area contributed by atoms with E-state index in [2.05, 4.69) is 15.1 Å². The van der Waals surface area contributed by atoms with Gasteiger partial charge in [-0.25, -0.2) is 0 Å². The number of aromatic nitrogens is 1. The van der Waals surface area contributed by atoms with Crippen LogP contribution in [0.1, 0.15) is 24.7 Å². The lowest BCUT2D eigenvalue weighted by Gasteiger charge is -2.17. The SMILES string of the molecule is Cl.[C-]#[N+]c1coc(C2CCNCC2)n1. The Balaban J connectivity index is 0.000000980. The summed E-state index contributed by atoms with van der Waals surface area (Å²) < 4.78 is 5.24.